The van der Waals surface area contributed by atoms with Gasteiger partial charge in [0.15, 0.2) is 11.5 Å². The van der Waals surface area contributed by atoms with Gasteiger partial charge in [0, 0.05) is 13.0 Å². The van der Waals surface area contributed by atoms with Crippen LogP contribution in [0.25, 0.3) is 0 Å². The van der Waals surface area contributed by atoms with Gasteiger partial charge in [-0.05, 0) is 50.0 Å². The van der Waals surface area contributed by atoms with Crippen molar-refractivity contribution in [2.45, 2.75) is 122 Å². The Balaban J connectivity index is 1.34. The number of aliphatic hydroxyl groups excluding tert-OH is 1. The molecule has 2 aliphatic heterocycles. The summed E-state index contributed by atoms with van der Waals surface area (Å²) in [5.41, 5.74) is 0.759. The molecular formula is C31H52N2O4. The lowest BCUT2D eigenvalue weighted by Crippen LogP contribution is -2.46. The van der Waals surface area contributed by atoms with E-state index in [1.807, 2.05) is 18.2 Å². The number of ether oxygens (including phenoxy) is 2. The lowest BCUT2D eigenvalue weighted by atomic mass is 10.0. The molecule has 37 heavy (non-hydrogen) atoms. The molecule has 6 heteroatoms. The molecular weight excluding hydrogens is 464 g/mol. The SMILES string of the molecule is CCCCCCCCCCCCCCCC(=O)NC(CN1CCCC1)[C@@H](O)c1ccc2c(c1)OCCO2. The predicted octanol–water partition coefficient (Wildman–Crippen LogP) is 6.55. The third kappa shape index (κ3) is 11.2. The summed E-state index contributed by atoms with van der Waals surface area (Å²) in [5.74, 6) is 1.43. The van der Waals surface area contributed by atoms with Crippen molar-refractivity contribution in [3.8, 4) is 11.5 Å². The normalized spacial score (nSPS) is 17.0. The highest BCUT2D eigenvalue weighted by atomic mass is 16.6. The maximum absolute atomic E-state index is 12.8. The van der Waals surface area contributed by atoms with Crippen LogP contribution in [0.4, 0.5) is 0 Å². The Morgan fingerprint density at radius 2 is 1.43 bits per heavy atom. The van der Waals surface area contributed by atoms with Crippen LogP contribution in [0, 0.1) is 0 Å². The molecule has 0 bridgehead atoms. The largest absolute Gasteiger partial charge is 0.486 e. The summed E-state index contributed by atoms with van der Waals surface area (Å²) in [5, 5.41) is 14.4. The minimum atomic E-state index is -0.785. The molecule has 0 saturated carbocycles. The third-order valence-corrected chi connectivity index (χ3v) is 7.80. The lowest BCUT2D eigenvalue weighted by molar-refractivity contribution is -0.123. The van der Waals surface area contributed by atoms with Gasteiger partial charge in [0.25, 0.3) is 0 Å². The zero-order chi connectivity index (χ0) is 26.1. The fraction of sp³-hybridized carbons (Fsp3) is 0.774. The molecule has 0 radical (unpaired) electrons. The van der Waals surface area contributed by atoms with Gasteiger partial charge in [-0.15, -0.1) is 0 Å². The standard InChI is InChI=1S/C31H52N2O4/c1-2-3-4-5-6-7-8-9-10-11-12-13-14-17-30(34)32-27(25-33-20-15-16-21-33)31(35)26-18-19-28-29(24-26)37-23-22-36-28/h18-19,24,27,31,35H,2-17,20-23,25H2,1H3,(H,32,34)/t27?,31-/m0/s1. The Kier molecular flexibility index (Phi) is 14.2. The van der Waals surface area contributed by atoms with Crippen LogP contribution < -0.4 is 14.8 Å². The highest BCUT2D eigenvalue weighted by molar-refractivity contribution is 5.76. The first-order valence-corrected chi connectivity index (χ1v) is 15.3. The zero-order valence-electron chi connectivity index (χ0n) is 23.4. The molecule has 1 aromatic rings. The van der Waals surface area contributed by atoms with Crippen molar-refractivity contribution < 1.29 is 19.4 Å². The number of carbonyl (C=O) groups is 1. The predicted molar refractivity (Wildman–Crippen MR) is 150 cm³/mol. The number of amides is 1. The van der Waals surface area contributed by atoms with E-state index in [0.717, 1.165) is 31.5 Å². The van der Waals surface area contributed by atoms with Crippen LogP contribution in [0.2, 0.25) is 0 Å². The maximum Gasteiger partial charge on any atom is 0.220 e. The van der Waals surface area contributed by atoms with Gasteiger partial charge in [-0.3, -0.25) is 4.79 Å². The molecule has 1 unspecified atom stereocenters. The van der Waals surface area contributed by atoms with E-state index in [1.54, 1.807) is 0 Å². The molecule has 1 saturated heterocycles. The Labute approximate surface area is 225 Å². The molecule has 0 aliphatic carbocycles. The monoisotopic (exact) mass is 516 g/mol. The minimum absolute atomic E-state index is 0.0452. The molecule has 2 heterocycles. The van der Waals surface area contributed by atoms with Crippen molar-refractivity contribution >= 4 is 5.91 Å². The number of likely N-dealkylation sites (tertiary alicyclic amines) is 1. The molecule has 2 N–H and O–H groups in total. The van der Waals surface area contributed by atoms with Crippen molar-refractivity contribution in [2.24, 2.45) is 0 Å². The van der Waals surface area contributed by atoms with Crippen LogP contribution in [0.5, 0.6) is 11.5 Å². The van der Waals surface area contributed by atoms with Crippen LogP contribution in [0.3, 0.4) is 0 Å². The Morgan fingerprint density at radius 3 is 2.05 bits per heavy atom. The number of carbonyl (C=O) groups excluding carboxylic acids is 1. The zero-order valence-corrected chi connectivity index (χ0v) is 23.4. The smallest absolute Gasteiger partial charge is 0.220 e. The quantitative estimate of drug-likeness (QED) is 0.204. The van der Waals surface area contributed by atoms with Crippen LogP contribution in [0.1, 0.15) is 121 Å². The van der Waals surface area contributed by atoms with E-state index in [-0.39, 0.29) is 11.9 Å². The van der Waals surface area contributed by atoms with Gasteiger partial charge in [0.2, 0.25) is 5.91 Å². The summed E-state index contributed by atoms with van der Waals surface area (Å²) < 4.78 is 11.3. The maximum atomic E-state index is 12.8. The van der Waals surface area contributed by atoms with Gasteiger partial charge in [0.05, 0.1) is 6.04 Å². The summed E-state index contributed by atoms with van der Waals surface area (Å²) >= 11 is 0. The second-order valence-electron chi connectivity index (χ2n) is 11.0. The number of unbranched alkanes of at least 4 members (excludes halogenated alkanes) is 12. The van der Waals surface area contributed by atoms with Gasteiger partial charge >= 0.3 is 0 Å². The third-order valence-electron chi connectivity index (χ3n) is 7.80. The first kappa shape index (κ1) is 29.8. The van der Waals surface area contributed by atoms with Gasteiger partial charge < -0.3 is 24.8 Å². The molecule has 1 aromatic carbocycles. The molecule has 2 aliphatic rings. The Morgan fingerprint density at radius 1 is 0.865 bits per heavy atom. The van der Waals surface area contributed by atoms with Crippen molar-refractivity contribution in [1.82, 2.24) is 10.2 Å². The molecule has 1 fully saturated rings. The van der Waals surface area contributed by atoms with E-state index >= 15 is 0 Å². The summed E-state index contributed by atoms with van der Waals surface area (Å²) in [7, 11) is 0. The number of hydrogen-bond donors (Lipinski definition) is 2. The van der Waals surface area contributed by atoms with Crippen LogP contribution in [-0.2, 0) is 4.79 Å². The number of nitrogens with zero attached hydrogens (tertiary/aromatic N) is 1. The van der Waals surface area contributed by atoms with E-state index in [9.17, 15) is 9.90 Å². The summed E-state index contributed by atoms with van der Waals surface area (Å²) in [6.45, 7) is 6.05. The highest BCUT2D eigenvalue weighted by Crippen LogP contribution is 2.33. The topological polar surface area (TPSA) is 71.0 Å². The van der Waals surface area contributed by atoms with Crippen LogP contribution >= 0.6 is 0 Å². The number of rotatable bonds is 19. The van der Waals surface area contributed by atoms with E-state index in [1.165, 1.54) is 83.5 Å². The average molecular weight is 517 g/mol. The first-order chi connectivity index (χ1) is 18.2. The number of aliphatic hydroxyl groups is 1. The average Bonchev–Trinajstić information content (AvgIpc) is 3.43. The van der Waals surface area contributed by atoms with Crippen molar-refractivity contribution in [1.29, 1.82) is 0 Å². The molecule has 6 nitrogen and oxygen atoms in total. The lowest BCUT2D eigenvalue weighted by Gasteiger charge is -2.29. The molecule has 2 atom stereocenters. The Hall–Kier alpha value is -1.79. The number of benzene rings is 1. The molecule has 1 amide bonds. The second kappa shape index (κ2) is 17.7. The molecule has 210 valence electrons. The van der Waals surface area contributed by atoms with E-state index < -0.39 is 6.10 Å². The first-order valence-electron chi connectivity index (χ1n) is 15.3. The van der Waals surface area contributed by atoms with E-state index in [4.69, 9.17) is 9.47 Å². The molecule has 0 spiro atoms. The van der Waals surface area contributed by atoms with Crippen LogP contribution in [-0.4, -0.2) is 54.8 Å². The second-order valence-corrected chi connectivity index (χ2v) is 11.0. The van der Waals surface area contributed by atoms with Crippen molar-refractivity contribution in [2.75, 3.05) is 32.8 Å². The molecule has 0 aromatic heterocycles. The number of nitrogens with one attached hydrogen (secondary N) is 1. The van der Waals surface area contributed by atoms with Crippen LogP contribution in [0.15, 0.2) is 18.2 Å². The highest BCUT2D eigenvalue weighted by Gasteiger charge is 2.27. The number of hydrogen-bond acceptors (Lipinski definition) is 5. The van der Waals surface area contributed by atoms with Gasteiger partial charge in [0.1, 0.15) is 19.3 Å². The summed E-state index contributed by atoms with van der Waals surface area (Å²) in [6.07, 6.45) is 19.0. The molecule has 3 rings (SSSR count). The fourth-order valence-electron chi connectivity index (χ4n) is 5.53. The van der Waals surface area contributed by atoms with Gasteiger partial charge in [-0.2, -0.15) is 0 Å². The summed E-state index contributed by atoms with van der Waals surface area (Å²) in [4.78, 5) is 15.2. The van der Waals surface area contributed by atoms with Crippen molar-refractivity contribution in [3.05, 3.63) is 23.8 Å². The van der Waals surface area contributed by atoms with Crippen molar-refractivity contribution in [3.63, 3.8) is 0 Å². The van der Waals surface area contributed by atoms with Gasteiger partial charge in [-0.1, -0.05) is 90.0 Å². The van der Waals surface area contributed by atoms with Gasteiger partial charge in [-0.25, -0.2) is 0 Å². The Bertz CT molecular complexity index is 766. The van der Waals surface area contributed by atoms with E-state index in [2.05, 4.69) is 17.1 Å². The fourth-order valence-corrected chi connectivity index (χ4v) is 5.53. The summed E-state index contributed by atoms with van der Waals surface area (Å²) in [6, 6.07) is 5.26. The minimum Gasteiger partial charge on any atom is -0.486 e. The van der Waals surface area contributed by atoms with E-state index in [0.29, 0.717) is 37.7 Å². The number of fused-ring (bicyclic) bond motifs is 1.